The van der Waals surface area contributed by atoms with Crippen molar-refractivity contribution in [2.24, 2.45) is 0 Å². The molecule has 0 spiro atoms. The van der Waals surface area contributed by atoms with E-state index in [2.05, 4.69) is 19.2 Å². The molecule has 2 heteroatoms. The Kier molecular flexibility index (Phi) is 2.60. The van der Waals surface area contributed by atoms with Crippen LogP contribution >= 0.6 is 12.6 Å². The molecule has 0 aliphatic carbocycles. The molecule has 1 rings (SSSR count). The van der Waals surface area contributed by atoms with Gasteiger partial charge < -0.3 is 5.11 Å². The van der Waals surface area contributed by atoms with Crippen molar-refractivity contribution in [3.63, 3.8) is 0 Å². The zero-order valence-corrected chi connectivity index (χ0v) is 6.96. The standard InChI is InChI=1S/C9H10OS/c1-2-9(11)7-5-3-4-6-8(7)10/h2-6,9-11H,1H2. The average molecular weight is 166 g/mol. The molecule has 1 aromatic carbocycles. The number of rotatable bonds is 2. The number of para-hydroxylation sites is 1. The van der Waals surface area contributed by atoms with Gasteiger partial charge in [0.25, 0.3) is 0 Å². The van der Waals surface area contributed by atoms with Gasteiger partial charge in [0.15, 0.2) is 0 Å². The van der Waals surface area contributed by atoms with Gasteiger partial charge in [-0.1, -0.05) is 24.3 Å². The zero-order chi connectivity index (χ0) is 8.27. The van der Waals surface area contributed by atoms with E-state index >= 15 is 0 Å². The molecule has 0 amide bonds. The summed E-state index contributed by atoms with van der Waals surface area (Å²) in [6.45, 7) is 3.59. The minimum atomic E-state index is -0.0869. The van der Waals surface area contributed by atoms with Gasteiger partial charge in [-0.15, -0.1) is 6.58 Å². The number of thiol groups is 1. The summed E-state index contributed by atoms with van der Waals surface area (Å²) in [7, 11) is 0. The van der Waals surface area contributed by atoms with E-state index in [1.54, 1.807) is 18.2 Å². The lowest BCUT2D eigenvalue weighted by Crippen LogP contribution is -1.84. The van der Waals surface area contributed by atoms with Crippen LogP contribution in [0.5, 0.6) is 5.75 Å². The maximum Gasteiger partial charge on any atom is 0.120 e. The van der Waals surface area contributed by atoms with Crippen molar-refractivity contribution in [3.8, 4) is 5.75 Å². The van der Waals surface area contributed by atoms with Crippen LogP contribution in [0.4, 0.5) is 0 Å². The second kappa shape index (κ2) is 3.49. The highest BCUT2D eigenvalue weighted by molar-refractivity contribution is 7.80. The van der Waals surface area contributed by atoms with E-state index in [1.165, 1.54) is 0 Å². The van der Waals surface area contributed by atoms with Crippen LogP contribution < -0.4 is 0 Å². The van der Waals surface area contributed by atoms with Crippen LogP contribution in [0.15, 0.2) is 36.9 Å². The van der Waals surface area contributed by atoms with Crippen LogP contribution in [-0.2, 0) is 0 Å². The van der Waals surface area contributed by atoms with E-state index in [9.17, 15) is 5.11 Å². The molecular weight excluding hydrogens is 156 g/mol. The summed E-state index contributed by atoms with van der Waals surface area (Å²) < 4.78 is 0. The molecule has 11 heavy (non-hydrogen) atoms. The van der Waals surface area contributed by atoms with Crippen molar-refractivity contribution in [1.29, 1.82) is 0 Å². The fourth-order valence-corrected chi connectivity index (χ4v) is 1.08. The lowest BCUT2D eigenvalue weighted by atomic mass is 10.1. The van der Waals surface area contributed by atoms with E-state index in [4.69, 9.17) is 0 Å². The summed E-state index contributed by atoms with van der Waals surface area (Å²) in [5.74, 6) is 0.271. The SMILES string of the molecule is C=CC(S)c1ccccc1O. The van der Waals surface area contributed by atoms with Gasteiger partial charge in [0.05, 0.1) is 0 Å². The molecule has 0 heterocycles. The minimum absolute atomic E-state index is 0.0869. The Morgan fingerprint density at radius 2 is 2.09 bits per heavy atom. The van der Waals surface area contributed by atoms with Crippen molar-refractivity contribution in [1.82, 2.24) is 0 Å². The molecule has 58 valence electrons. The number of phenols is 1. The first-order chi connectivity index (χ1) is 5.25. The Bertz CT molecular complexity index is 257. The molecule has 1 N–H and O–H groups in total. The van der Waals surface area contributed by atoms with Gasteiger partial charge in [0, 0.05) is 10.8 Å². The second-order valence-electron chi connectivity index (χ2n) is 2.24. The summed E-state index contributed by atoms with van der Waals surface area (Å²) in [5, 5.41) is 9.23. The van der Waals surface area contributed by atoms with Gasteiger partial charge in [0.1, 0.15) is 5.75 Å². The van der Waals surface area contributed by atoms with E-state index in [1.807, 2.05) is 12.1 Å². The first-order valence-electron chi connectivity index (χ1n) is 3.34. The van der Waals surface area contributed by atoms with Crippen molar-refractivity contribution in [2.45, 2.75) is 5.25 Å². The number of hydrogen-bond donors (Lipinski definition) is 2. The summed E-state index contributed by atoms with van der Waals surface area (Å²) >= 11 is 4.21. The summed E-state index contributed by atoms with van der Waals surface area (Å²) in [4.78, 5) is 0. The van der Waals surface area contributed by atoms with Crippen LogP contribution in [-0.4, -0.2) is 5.11 Å². The van der Waals surface area contributed by atoms with Crippen molar-refractivity contribution in [3.05, 3.63) is 42.5 Å². The molecule has 0 fully saturated rings. The third kappa shape index (κ3) is 1.77. The largest absolute Gasteiger partial charge is 0.508 e. The maximum absolute atomic E-state index is 9.32. The number of aromatic hydroxyl groups is 1. The van der Waals surface area contributed by atoms with Gasteiger partial charge in [-0.3, -0.25) is 0 Å². The van der Waals surface area contributed by atoms with Gasteiger partial charge in [0.2, 0.25) is 0 Å². The monoisotopic (exact) mass is 166 g/mol. The Morgan fingerprint density at radius 3 is 2.64 bits per heavy atom. The smallest absolute Gasteiger partial charge is 0.120 e. The van der Waals surface area contributed by atoms with Crippen LogP contribution in [0, 0.1) is 0 Å². The lowest BCUT2D eigenvalue weighted by molar-refractivity contribution is 0.469. The Balaban J connectivity index is 3.02. The maximum atomic E-state index is 9.32. The van der Waals surface area contributed by atoms with Crippen LogP contribution in [0.2, 0.25) is 0 Å². The van der Waals surface area contributed by atoms with Crippen molar-refractivity contribution in [2.75, 3.05) is 0 Å². The molecule has 0 radical (unpaired) electrons. The van der Waals surface area contributed by atoms with Crippen LogP contribution in [0.1, 0.15) is 10.8 Å². The molecule has 0 saturated carbocycles. The summed E-state index contributed by atoms with van der Waals surface area (Å²) in [6.07, 6.45) is 1.68. The highest BCUT2D eigenvalue weighted by atomic mass is 32.1. The van der Waals surface area contributed by atoms with Gasteiger partial charge >= 0.3 is 0 Å². The molecule has 1 atom stereocenters. The number of phenolic OH excluding ortho intramolecular Hbond substituents is 1. The first-order valence-corrected chi connectivity index (χ1v) is 3.86. The lowest BCUT2D eigenvalue weighted by Gasteiger charge is -2.06. The second-order valence-corrected chi connectivity index (χ2v) is 2.80. The van der Waals surface area contributed by atoms with E-state index in [0.717, 1.165) is 5.56 Å². The van der Waals surface area contributed by atoms with Gasteiger partial charge in [-0.25, -0.2) is 0 Å². The molecule has 0 bridgehead atoms. The van der Waals surface area contributed by atoms with Crippen LogP contribution in [0.25, 0.3) is 0 Å². The Labute approximate surface area is 71.8 Å². The topological polar surface area (TPSA) is 20.2 Å². The molecular formula is C9H10OS. The Morgan fingerprint density at radius 1 is 1.45 bits per heavy atom. The highest BCUT2D eigenvalue weighted by Gasteiger charge is 2.04. The fourth-order valence-electron chi connectivity index (χ4n) is 0.865. The number of hydrogen-bond acceptors (Lipinski definition) is 2. The average Bonchev–Trinajstić information content (AvgIpc) is 2.04. The van der Waals surface area contributed by atoms with Gasteiger partial charge in [-0.2, -0.15) is 12.6 Å². The molecule has 1 unspecified atom stereocenters. The molecule has 0 saturated heterocycles. The number of benzene rings is 1. The quantitative estimate of drug-likeness (QED) is 0.511. The first kappa shape index (κ1) is 8.21. The van der Waals surface area contributed by atoms with Gasteiger partial charge in [-0.05, 0) is 6.07 Å². The zero-order valence-electron chi connectivity index (χ0n) is 6.07. The molecule has 1 nitrogen and oxygen atoms in total. The molecule has 0 aliphatic rings. The molecule has 0 aromatic heterocycles. The minimum Gasteiger partial charge on any atom is -0.508 e. The van der Waals surface area contributed by atoms with Crippen molar-refractivity contribution >= 4 is 12.6 Å². The molecule has 1 aromatic rings. The van der Waals surface area contributed by atoms with E-state index in [0.29, 0.717) is 0 Å². The molecule has 0 aliphatic heterocycles. The van der Waals surface area contributed by atoms with Crippen LogP contribution in [0.3, 0.4) is 0 Å². The third-order valence-corrected chi connectivity index (χ3v) is 1.97. The van der Waals surface area contributed by atoms with E-state index in [-0.39, 0.29) is 11.0 Å². The highest BCUT2D eigenvalue weighted by Crippen LogP contribution is 2.28. The fraction of sp³-hybridized carbons (Fsp3) is 0.111. The third-order valence-electron chi connectivity index (χ3n) is 1.48. The normalized spacial score (nSPS) is 12.5. The van der Waals surface area contributed by atoms with E-state index < -0.39 is 0 Å². The predicted octanol–water partition coefficient (Wildman–Crippen LogP) is 2.55. The Hall–Kier alpha value is -0.890. The summed E-state index contributed by atoms with van der Waals surface area (Å²) in [5.41, 5.74) is 0.797. The van der Waals surface area contributed by atoms with Crippen molar-refractivity contribution < 1.29 is 5.11 Å². The predicted molar refractivity (Wildman–Crippen MR) is 50.0 cm³/mol. The summed E-state index contributed by atoms with van der Waals surface area (Å²) in [6, 6.07) is 7.11.